The largest absolute Gasteiger partial charge is 0.573 e. The molecular formula is C19H12F3N3OS. The van der Waals surface area contributed by atoms with E-state index in [1.807, 2.05) is 41.8 Å². The van der Waals surface area contributed by atoms with Crippen LogP contribution in [0.3, 0.4) is 0 Å². The first-order chi connectivity index (χ1) is 13.0. The van der Waals surface area contributed by atoms with E-state index in [0.717, 1.165) is 15.9 Å². The second kappa shape index (κ2) is 6.88. The lowest BCUT2D eigenvalue weighted by molar-refractivity contribution is -0.274. The number of hydrogen-bond donors (Lipinski definition) is 1. The van der Waals surface area contributed by atoms with Gasteiger partial charge in [-0.05, 0) is 47.8 Å². The van der Waals surface area contributed by atoms with Gasteiger partial charge in [0.25, 0.3) is 0 Å². The van der Waals surface area contributed by atoms with Gasteiger partial charge in [0.05, 0.1) is 15.9 Å². The highest BCUT2D eigenvalue weighted by Gasteiger charge is 2.30. The molecular weight excluding hydrogens is 375 g/mol. The van der Waals surface area contributed by atoms with Gasteiger partial charge in [-0.1, -0.05) is 18.2 Å². The number of anilines is 2. The van der Waals surface area contributed by atoms with Crippen molar-refractivity contribution in [3.05, 3.63) is 66.0 Å². The Hall–Kier alpha value is -3.13. The maximum absolute atomic E-state index is 12.3. The Morgan fingerprint density at radius 2 is 1.56 bits per heavy atom. The Kier molecular flexibility index (Phi) is 4.41. The molecule has 0 aliphatic carbocycles. The summed E-state index contributed by atoms with van der Waals surface area (Å²) in [7, 11) is 0. The normalized spacial score (nSPS) is 11.5. The number of benzene rings is 2. The van der Waals surface area contributed by atoms with E-state index in [0.29, 0.717) is 17.2 Å². The number of nitrogens with one attached hydrogen (secondary N) is 1. The number of halogens is 3. The minimum atomic E-state index is -4.72. The minimum absolute atomic E-state index is 0.281. The summed E-state index contributed by atoms with van der Waals surface area (Å²) in [6.45, 7) is 0. The van der Waals surface area contributed by atoms with Gasteiger partial charge in [-0.25, -0.2) is 9.97 Å². The number of hydrogen-bond acceptors (Lipinski definition) is 5. The molecule has 2 aromatic heterocycles. The van der Waals surface area contributed by atoms with Crippen molar-refractivity contribution in [1.82, 2.24) is 9.97 Å². The first kappa shape index (κ1) is 17.3. The summed E-state index contributed by atoms with van der Waals surface area (Å²) in [5, 5.41) is 5.08. The predicted octanol–water partition coefficient (Wildman–Crippen LogP) is 6.00. The van der Waals surface area contributed by atoms with Gasteiger partial charge in [-0.15, -0.1) is 24.5 Å². The molecule has 4 nitrogen and oxygen atoms in total. The number of aromatic nitrogens is 2. The molecule has 0 fully saturated rings. The fraction of sp³-hybridized carbons (Fsp3) is 0.0526. The summed E-state index contributed by atoms with van der Waals surface area (Å²) in [6.07, 6.45) is -4.72. The third-order valence-electron chi connectivity index (χ3n) is 3.68. The molecule has 8 heteroatoms. The number of para-hydroxylation sites is 2. The molecule has 0 saturated heterocycles. The zero-order chi connectivity index (χ0) is 18.9. The van der Waals surface area contributed by atoms with Gasteiger partial charge in [0, 0.05) is 5.69 Å². The van der Waals surface area contributed by atoms with Crippen LogP contribution in [-0.2, 0) is 0 Å². The van der Waals surface area contributed by atoms with Gasteiger partial charge < -0.3 is 10.1 Å². The van der Waals surface area contributed by atoms with E-state index in [2.05, 4.69) is 15.0 Å². The van der Waals surface area contributed by atoms with Crippen LogP contribution >= 0.6 is 11.3 Å². The molecule has 0 aliphatic heterocycles. The van der Waals surface area contributed by atoms with E-state index in [1.54, 1.807) is 0 Å². The Balaban J connectivity index is 1.69. The molecule has 27 heavy (non-hydrogen) atoms. The summed E-state index contributed by atoms with van der Waals surface area (Å²) >= 11 is 1.53. The van der Waals surface area contributed by atoms with Crippen molar-refractivity contribution in [1.29, 1.82) is 0 Å². The lowest BCUT2D eigenvalue weighted by atomic mass is 10.2. The van der Waals surface area contributed by atoms with Gasteiger partial charge in [0.15, 0.2) is 5.82 Å². The molecule has 0 aliphatic rings. The van der Waals surface area contributed by atoms with Crippen LogP contribution in [0, 0.1) is 0 Å². The number of rotatable bonds is 4. The summed E-state index contributed by atoms with van der Waals surface area (Å²) in [5.41, 5.74) is 2.74. The quantitative estimate of drug-likeness (QED) is 0.466. The molecule has 4 aromatic rings. The number of nitrogens with zero attached hydrogens (tertiary/aromatic N) is 2. The smallest absolute Gasteiger partial charge is 0.406 e. The van der Waals surface area contributed by atoms with E-state index in [-0.39, 0.29) is 5.75 Å². The van der Waals surface area contributed by atoms with Crippen LogP contribution in [0.1, 0.15) is 0 Å². The van der Waals surface area contributed by atoms with Crippen molar-refractivity contribution in [2.45, 2.75) is 6.36 Å². The van der Waals surface area contributed by atoms with Crippen LogP contribution in [0.4, 0.5) is 24.7 Å². The minimum Gasteiger partial charge on any atom is -0.406 e. The monoisotopic (exact) mass is 387 g/mol. The molecule has 1 N–H and O–H groups in total. The molecule has 0 amide bonds. The van der Waals surface area contributed by atoms with Crippen LogP contribution in [0.2, 0.25) is 0 Å². The summed E-state index contributed by atoms with van der Waals surface area (Å²) < 4.78 is 40.8. The van der Waals surface area contributed by atoms with Crippen LogP contribution in [-0.4, -0.2) is 16.3 Å². The molecule has 0 spiro atoms. The number of ether oxygens (including phenoxy) is 1. The second-order valence-corrected chi connectivity index (χ2v) is 6.53. The van der Waals surface area contributed by atoms with Gasteiger partial charge in [-0.2, -0.15) is 0 Å². The fourth-order valence-corrected chi connectivity index (χ4v) is 3.26. The number of fused-ring (bicyclic) bond motifs is 1. The Morgan fingerprint density at radius 1 is 0.852 bits per heavy atom. The van der Waals surface area contributed by atoms with Crippen LogP contribution in [0.15, 0.2) is 66.0 Å². The topological polar surface area (TPSA) is 47.0 Å². The summed E-state index contributed by atoms with van der Waals surface area (Å²) in [4.78, 5) is 10.3. The molecule has 0 saturated carbocycles. The molecule has 136 valence electrons. The molecule has 2 heterocycles. The van der Waals surface area contributed by atoms with E-state index in [4.69, 9.17) is 4.98 Å². The lowest BCUT2D eigenvalue weighted by Crippen LogP contribution is -2.17. The number of thiophene rings is 1. The second-order valence-electron chi connectivity index (χ2n) is 5.58. The number of alkyl halides is 3. The molecule has 0 radical (unpaired) electrons. The Labute approximate surface area is 156 Å². The van der Waals surface area contributed by atoms with Gasteiger partial charge in [-0.3, -0.25) is 0 Å². The predicted molar refractivity (Wildman–Crippen MR) is 99.3 cm³/mol. The molecule has 0 atom stereocenters. The molecule has 4 rings (SSSR count). The van der Waals surface area contributed by atoms with Crippen molar-refractivity contribution in [3.8, 4) is 16.3 Å². The highest BCUT2D eigenvalue weighted by atomic mass is 32.1. The van der Waals surface area contributed by atoms with E-state index >= 15 is 0 Å². The van der Waals surface area contributed by atoms with Crippen molar-refractivity contribution < 1.29 is 17.9 Å². The fourth-order valence-electron chi connectivity index (χ4n) is 2.55. The average Bonchev–Trinajstić information content (AvgIpc) is 3.16. The maximum Gasteiger partial charge on any atom is 0.573 e. The zero-order valence-corrected chi connectivity index (χ0v) is 14.5. The highest BCUT2D eigenvalue weighted by molar-refractivity contribution is 7.13. The average molecular weight is 387 g/mol. The van der Waals surface area contributed by atoms with Crippen LogP contribution in [0.5, 0.6) is 5.75 Å². The van der Waals surface area contributed by atoms with Crippen LogP contribution < -0.4 is 10.1 Å². The first-order valence-electron chi connectivity index (χ1n) is 7.91. The molecule has 0 unspecified atom stereocenters. The van der Waals surface area contributed by atoms with Gasteiger partial charge in [0.2, 0.25) is 0 Å². The molecule has 2 aromatic carbocycles. The standard InChI is InChI=1S/C19H12F3N3OS/c20-19(21,22)26-13-9-7-12(8-10-13)23-18-17(16-6-3-11-27-16)24-14-4-1-2-5-15(14)25-18/h1-11H,(H,23,25). The first-order valence-corrected chi connectivity index (χ1v) is 8.79. The summed E-state index contributed by atoms with van der Waals surface area (Å²) in [6, 6.07) is 16.8. The van der Waals surface area contributed by atoms with Crippen molar-refractivity contribution >= 4 is 33.9 Å². The Morgan fingerprint density at radius 3 is 2.19 bits per heavy atom. The van der Waals surface area contributed by atoms with Gasteiger partial charge in [0.1, 0.15) is 11.4 Å². The van der Waals surface area contributed by atoms with Crippen LogP contribution in [0.25, 0.3) is 21.6 Å². The van der Waals surface area contributed by atoms with Crippen molar-refractivity contribution in [2.24, 2.45) is 0 Å². The third kappa shape index (κ3) is 4.01. The van der Waals surface area contributed by atoms with Gasteiger partial charge >= 0.3 is 6.36 Å². The van der Waals surface area contributed by atoms with E-state index in [9.17, 15) is 13.2 Å². The van der Waals surface area contributed by atoms with Crippen molar-refractivity contribution in [3.63, 3.8) is 0 Å². The SMILES string of the molecule is FC(F)(F)Oc1ccc(Nc2nc3ccccc3nc2-c2cccs2)cc1. The van der Waals surface area contributed by atoms with E-state index in [1.165, 1.54) is 35.6 Å². The van der Waals surface area contributed by atoms with E-state index < -0.39 is 6.36 Å². The highest BCUT2D eigenvalue weighted by Crippen LogP contribution is 2.32. The van der Waals surface area contributed by atoms with Crippen molar-refractivity contribution in [2.75, 3.05) is 5.32 Å². The Bertz CT molecular complexity index is 1060. The lowest BCUT2D eigenvalue weighted by Gasteiger charge is -2.12. The third-order valence-corrected chi connectivity index (χ3v) is 4.55. The molecule has 0 bridgehead atoms. The maximum atomic E-state index is 12.3. The summed E-state index contributed by atoms with van der Waals surface area (Å²) in [5.74, 6) is 0.247. The zero-order valence-electron chi connectivity index (χ0n) is 13.7.